The smallest absolute Gasteiger partial charge is 0.285 e. The van der Waals surface area contributed by atoms with Crippen molar-refractivity contribution in [2.75, 3.05) is 46.9 Å². The summed E-state index contributed by atoms with van der Waals surface area (Å²) >= 11 is 0. The van der Waals surface area contributed by atoms with Gasteiger partial charge in [-0.3, -0.25) is 4.90 Å². The maximum absolute atomic E-state index is 14.0. The molecule has 19 heavy (non-hydrogen) atoms. The minimum atomic E-state index is -2.82. The molecule has 5 heteroatoms. The molecule has 1 N–H and O–H groups in total. The van der Waals surface area contributed by atoms with Crippen LogP contribution in [-0.2, 0) is 10.7 Å². The van der Waals surface area contributed by atoms with Crippen molar-refractivity contribution in [3.63, 3.8) is 0 Å². The largest absolute Gasteiger partial charge is 0.383 e. The second-order valence-corrected chi connectivity index (χ2v) is 4.55. The van der Waals surface area contributed by atoms with E-state index in [1.165, 1.54) is 12.1 Å². The summed E-state index contributed by atoms with van der Waals surface area (Å²) in [6.07, 6.45) is 0. The van der Waals surface area contributed by atoms with Crippen molar-refractivity contribution in [3.8, 4) is 0 Å². The molecular weight excluding hydrogens is 250 g/mol. The van der Waals surface area contributed by atoms with Crippen LogP contribution in [0.3, 0.4) is 0 Å². The van der Waals surface area contributed by atoms with E-state index >= 15 is 0 Å². The van der Waals surface area contributed by atoms with Gasteiger partial charge < -0.3 is 10.1 Å². The van der Waals surface area contributed by atoms with Gasteiger partial charge in [0.1, 0.15) is 0 Å². The zero-order chi connectivity index (χ0) is 14.1. The molecule has 0 unspecified atom stereocenters. The maximum atomic E-state index is 14.0. The van der Waals surface area contributed by atoms with Gasteiger partial charge in [0.15, 0.2) is 0 Å². The number of likely N-dealkylation sites (N-methyl/N-ethyl adjacent to an activating group) is 1. The van der Waals surface area contributed by atoms with Gasteiger partial charge in [-0.1, -0.05) is 30.3 Å². The van der Waals surface area contributed by atoms with E-state index in [0.717, 1.165) is 6.54 Å². The van der Waals surface area contributed by atoms with Crippen LogP contribution in [-0.4, -0.2) is 51.8 Å². The van der Waals surface area contributed by atoms with E-state index in [-0.39, 0.29) is 12.1 Å². The zero-order valence-corrected chi connectivity index (χ0v) is 11.5. The Morgan fingerprint density at radius 3 is 2.53 bits per heavy atom. The Morgan fingerprint density at radius 2 is 1.89 bits per heavy atom. The maximum Gasteiger partial charge on any atom is 0.285 e. The van der Waals surface area contributed by atoms with E-state index in [2.05, 4.69) is 5.32 Å². The van der Waals surface area contributed by atoms with E-state index < -0.39 is 5.92 Å². The molecule has 1 rings (SSSR count). The van der Waals surface area contributed by atoms with Crippen LogP contribution in [0.25, 0.3) is 0 Å². The van der Waals surface area contributed by atoms with Gasteiger partial charge in [0.05, 0.1) is 13.2 Å². The highest BCUT2D eigenvalue weighted by Crippen LogP contribution is 2.28. The van der Waals surface area contributed by atoms with E-state index in [1.54, 1.807) is 37.3 Å². The van der Waals surface area contributed by atoms with Gasteiger partial charge in [0.2, 0.25) is 0 Å². The summed E-state index contributed by atoms with van der Waals surface area (Å²) in [5.41, 5.74) is 0.0641. The van der Waals surface area contributed by atoms with Gasteiger partial charge in [-0.25, -0.2) is 0 Å². The molecule has 0 aromatic heterocycles. The molecule has 0 aliphatic carbocycles. The fourth-order valence-electron chi connectivity index (χ4n) is 1.76. The Labute approximate surface area is 113 Å². The van der Waals surface area contributed by atoms with Gasteiger partial charge in [-0.2, -0.15) is 8.78 Å². The molecule has 0 amide bonds. The fourth-order valence-corrected chi connectivity index (χ4v) is 1.76. The number of nitrogens with one attached hydrogen (secondary N) is 1. The van der Waals surface area contributed by atoms with Gasteiger partial charge >= 0.3 is 0 Å². The topological polar surface area (TPSA) is 24.5 Å². The summed E-state index contributed by atoms with van der Waals surface area (Å²) < 4.78 is 32.8. The van der Waals surface area contributed by atoms with Crippen molar-refractivity contribution in [3.05, 3.63) is 35.9 Å². The Hall–Kier alpha value is -1.04. The highest BCUT2D eigenvalue weighted by Gasteiger charge is 2.32. The molecule has 0 atom stereocenters. The first-order valence-corrected chi connectivity index (χ1v) is 6.38. The molecule has 0 saturated heterocycles. The van der Waals surface area contributed by atoms with Crippen LogP contribution >= 0.6 is 0 Å². The standard InChI is InChI=1S/C14H22F2N2O/c1-18(10-8-17-9-11-19-2)12-14(15,16)13-6-4-3-5-7-13/h3-7,17H,8-12H2,1-2H3. The lowest BCUT2D eigenvalue weighted by Crippen LogP contribution is -2.37. The Bertz CT molecular complexity index is 347. The van der Waals surface area contributed by atoms with E-state index in [1.807, 2.05) is 0 Å². The molecule has 108 valence electrons. The van der Waals surface area contributed by atoms with Crippen LogP contribution in [0.1, 0.15) is 5.56 Å². The summed E-state index contributed by atoms with van der Waals surface area (Å²) in [5.74, 6) is -2.82. The first kappa shape index (κ1) is 16.0. The monoisotopic (exact) mass is 272 g/mol. The Balaban J connectivity index is 2.32. The number of methoxy groups -OCH3 is 1. The number of hydrogen-bond acceptors (Lipinski definition) is 3. The number of hydrogen-bond donors (Lipinski definition) is 1. The van der Waals surface area contributed by atoms with Crippen LogP contribution in [0.5, 0.6) is 0 Å². The summed E-state index contributed by atoms with van der Waals surface area (Å²) in [6.45, 7) is 2.34. The number of nitrogens with zero attached hydrogens (tertiary/aromatic N) is 1. The number of benzene rings is 1. The number of rotatable bonds is 9. The van der Waals surface area contributed by atoms with E-state index in [0.29, 0.717) is 19.7 Å². The lowest BCUT2D eigenvalue weighted by atomic mass is 10.1. The quantitative estimate of drug-likeness (QED) is 0.695. The van der Waals surface area contributed by atoms with Crippen molar-refractivity contribution in [1.82, 2.24) is 10.2 Å². The van der Waals surface area contributed by atoms with Crippen molar-refractivity contribution < 1.29 is 13.5 Å². The minimum Gasteiger partial charge on any atom is -0.383 e. The molecule has 0 fully saturated rings. The average molecular weight is 272 g/mol. The van der Waals surface area contributed by atoms with Crippen LogP contribution in [0.2, 0.25) is 0 Å². The number of alkyl halides is 2. The highest BCUT2D eigenvalue weighted by molar-refractivity contribution is 5.20. The predicted molar refractivity (Wildman–Crippen MR) is 72.6 cm³/mol. The summed E-state index contributed by atoms with van der Waals surface area (Å²) in [5, 5.41) is 3.13. The molecular formula is C14H22F2N2O. The first-order valence-electron chi connectivity index (χ1n) is 6.38. The van der Waals surface area contributed by atoms with Gasteiger partial charge in [-0.05, 0) is 7.05 Å². The van der Waals surface area contributed by atoms with Crippen molar-refractivity contribution >= 4 is 0 Å². The third-order valence-electron chi connectivity index (χ3n) is 2.82. The van der Waals surface area contributed by atoms with Crippen molar-refractivity contribution in [2.45, 2.75) is 5.92 Å². The Kier molecular flexibility index (Phi) is 6.91. The molecule has 0 saturated carbocycles. The van der Waals surface area contributed by atoms with Gasteiger partial charge in [-0.15, -0.1) is 0 Å². The Morgan fingerprint density at radius 1 is 1.21 bits per heavy atom. The number of ether oxygens (including phenoxy) is 1. The lowest BCUT2D eigenvalue weighted by Gasteiger charge is -2.24. The molecule has 1 aromatic carbocycles. The van der Waals surface area contributed by atoms with E-state index in [4.69, 9.17) is 4.74 Å². The molecule has 3 nitrogen and oxygen atoms in total. The number of halogens is 2. The second kappa shape index (κ2) is 8.19. The molecule has 0 bridgehead atoms. The molecule has 0 heterocycles. The SMILES string of the molecule is COCCNCCN(C)CC(F)(F)c1ccccc1. The van der Waals surface area contributed by atoms with Crippen LogP contribution < -0.4 is 5.32 Å². The lowest BCUT2D eigenvalue weighted by molar-refractivity contribution is -0.0318. The summed E-state index contributed by atoms with van der Waals surface area (Å²) in [6, 6.07) is 7.93. The highest BCUT2D eigenvalue weighted by atomic mass is 19.3. The van der Waals surface area contributed by atoms with Crippen molar-refractivity contribution in [2.24, 2.45) is 0 Å². The summed E-state index contributed by atoms with van der Waals surface area (Å²) in [4.78, 5) is 1.63. The fraction of sp³-hybridized carbons (Fsp3) is 0.571. The normalized spacial score (nSPS) is 12.1. The average Bonchev–Trinajstić information content (AvgIpc) is 2.39. The molecule has 0 aliphatic heterocycles. The van der Waals surface area contributed by atoms with E-state index in [9.17, 15) is 8.78 Å². The second-order valence-electron chi connectivity index (χ2n) is 4.55. The van der Waals surface area contributed by atoms with Crippen LogP contribution in [0.15, 0.2) is 30.3 Å². The zero-order valence-electron chi connectivity index (χ0n) is 11.5. The van der Waals surface area contributed by atoms with Crippen LogP contribution in [0, 0.1) is 0 Å². The van der Waals surface area contributed by atoms with Gasteiger partial charge in [0, 0.05) is 32.3 Å². The molecule has 1 aromatic rings. The predicted octanol–water partition coefficient (Wildman–Crippen LogP) is 1.95. The molecule has 0 spiro atoms. The summed E-state index contributed by atoms with van der Waals surface area (Å²) in [7, 11) is 3.34. The minimum absolute atomic E-state index is 0.0641. The van der Waals surface area contributed by atoms with Crippen molar-refractivity contribution in [1.29, 1.82) is 0 Å². The third-order valence-corrected chi connectivity index (χ3v) is 2.82. The first-order chi connectivity index (χ1) is 9.06. The molecule has 0 aliphatic rings. The third kappa shape index (κ3) is 6.09. The van der Waals surface area contributed by atoms with Gasteiger partial charge in [0.25, 0.3) is 5.92 Å². The molecule has 0 radical (unpaired) electrons. The van der Waals surface area contributed by atoms with Crippen LogP contribution in [0.4, 0.5) is 8.78 Å².